The molecule has 3 N–H and O–H groups in total. The Labute approximate surface area is 118 Å². The van der Waals surface area contributed by atoms with Crippen molar-refractivity contribution in [1.29, 1.82) is 0 Å². The number of fused-ring (bicyclic) bond motifs is 1. The molecule has 0 spiro atoms. The van der Waals surface area contributed by atoms with Crippen molar-refractivity contribution < 1.29 is 9.47 Å². The molecule has 1 unspecified atom stereocenters. The molecule has 0 saturated carbocycles. The molecule has 0 saturated heterocycles. The Morgan fingerprint density at radius 1 is 1.21 bits per heavy atom. The van der Waals surface area contributed by atoms with E-state index in [1.165, 1.54) is 0 Å². The number of halogens is 1. The monoisotopic (exact) mass is 283 g/mol. The number of guanidine groups is 1. The normalized spacial score (nSPS) is 21.5. The maximum Gasteiger partial charge on any atom is 0.189 e. The highest BCUT2D eigenvalue weighted by atomic mass is 35.5. The van der Waals surface area contributed by atoms with Gasteiger partial charge in [0.2, 0.25) is 0 Å². The van der Waals surface area contributed by atoms with E-state index >= 15 is 0 Å². The number of nitrogens with two attached hydrogens (primary N) is 1. The second kappa shape index (κ2) is 6.02. The summed E-state index contributed by atoms with van der Waals surface area (Å²) < 4.78 is 11.3. The average Bonchev–Trinajstić information content (AvgIpc) is 2.63. The number of aliphatic imine (C=N–C) groups is 1. The van der Waals surface area contributed by atoms with Crippen LogP contribution < -0.4 is 20.5 Å². The first-order valence-corrected chi connectivity index (χ1v) is 6.29. The molecule has 0 aromatic heterocycles. The lowest BCUT2D eigenvalue weighted by Gasteiger charge is -2.23. The maximum atomic E-state index is 5.71. The van der Waals surface area contributed by atoms with Gasteiger partial charge in [-0.15, -0.1) is 12.4 Å². The molecule has 104 valence electrons. The van der Waals surface area contributed by atoms with Crippen LogP contribution >= 0.6 is 12.4 Å². The van der Waals surface area contributed by atoms with Gasteiger partial charge in [0, 0.05) is 13.0 Å². The number of hydrogen-bond acceptors (Lipinski definition) is 5. The first-order chi connectivity index (χ1) is 8.83. The number of hydrogen-bond donors (Lipinski definition) is 2. The van der Waals surface area contributed by atoms with E-state index in [2.05, 4.69) is 16.4 Å². The van der Waals surface area contributed by atoms with Gasteiger partial charge in [0.1, 0.15) is 0 Å². The molecule has 0 aliphatic carbocycles. The summed E-state index contributed by atoms with van der Waals surface area (Å²) in [6.45, 7) is 2.18. The minimum atomic E-state index is 0. The van der Waals surface area contributed by atoms with Crippen molar-refractivity contribution in [3.63, 3.8) is 0 Å². The van der Waals surface area contributed by atoms with Crippen LogP contribution in [0.15, 0.2) is 23.2 Å². The summed E-state index contributed by atoms with van der Waals surface area (Å²) >= 11 is 0. The average molecular weight is 284 g/mol. The fourth-order valence-electron chi connectivity index (χ4n) is 2.26. The standard InChI is InChI=1S/C13H17N3O2.ClH/c14-13-15-5-4-10(16-13)9-2-3-11-12(8-9)18-7-1-6-17-11;/h2-3,8,10H,1,4-7H2,(H3,14,15,16);1H. The Bertz CT molecular complexity index is 479. The van der Waals surface area contributed by atoms with E-state index in [9.17, 15) is 0 Å². The zero-order valence-corrected chi connectivity index (χ0v) is 11.4. The van der Waals surface area contributed by atoms with E-state index in [-0.39, 0.29) is 18.4 Å². The van der Waals surface area contributed by atoms with Gasteiger partial charge in [-0.2, -0.15) is 0 Å². The summed E-state index contributed by atoms with van der Waals surface area (Å²) in [5.74, 6) is 2.17. The van der Waals surface area contributed by atoms with Crippen molar-refractivity contribution in [2.45, 2.75) is 18.9 Å². The van der Waals surface area contributed by atoms with Gasteiger partial charge in [-0.1, -0.05) is 6.07 Å². The van der Waals surface area contributed by atoms with Gasteiger partial charge < -0.3 is 20.5 Å². The van der Waals surface area contributed by atoms with Crippen LogP contribution in [0.4, 0.5) is 0 Å². The molecule has 5 nitrogen and oxygen atoms in total. The first kappa shape index (κ1) is 13.8. The molecule has 0 fully saturated rings. The third-order valence-electron chi connectivity index (χ3n) is 3.20. The minimum Gasteiger partial charge on any atom is -0.490 e. The molecule has 3 rings (SSSR count). The predicted octanol–water partition coefficient (Wildman–Crippen LogP) is 1.62. The fraction of sp³-hybridized carbons (Fsp3) is 0.462. The zero-order valence-electron chi connectivity index (χ0n) is 10.6. The number of ether oxygens (including phenoxy) is 2. The summed E-state index contributed by atoms with van der Waals surface area (Å²) in [6.07, 6.45) is 1.87. The van der Waals surface area contributed by atoms with Gasteiger partial charge in [0.25, 0.3) is 0 Å². The summed E-state index contributed by atoms with van der Waals surface area (Å²) in [5, 5.41) is 3.19. The molecular weight excluding hydrogens is 266 g/mol. The summed E-state index contributed by atoms with van der Waals surface area (Å²) in [4.78, 5) is 4.14. The van der Waals surface area contributed by atoms with Crippen molar-refractivity contribution in [2.24, 2.45) is 10.7 Å². The Kier molecular flexibility index (Phi) is 4.37. The minimum absolute atomic E-state index is 0. The van der Waals surface area contributed by atoms with Crippen LogP contribution in [0.5, 0.6) is 11.5 Å². The van der Waals surface area contributed by atoms with Crippen molar-refractivity contribution in [2.75, 3.05) is 19.8 Å². The maximum absolute atomic E-state index is 5.71. The number of nitrogens with one attached hydrogen (secondary N) is 1. The van der Waals surface area contributed by atoms with Gasteiger partial charge in [-0.3, -0.25) is 4.99 Å². The summed E-state index contributed by atoms with van der Waals surface area (Å²) in [7, 11) is 0. The second-order valence-electron chi connectivity index (χ2n) is 4.51. The largest absolute Gasteiger partial charge is 0.490 e. The quantitative estimate of drug-likeness (QED) is 0.822. The smallest absolute Gasteiger partial charge is 0.189 e. The van der Waals surface area contributed by atoms with E-state index < -0.39 is 0 Å². The van der Waals surface area contributed by atoms with E-state index in [0.29, 0.717) is 19.2 Å². The molecule has 0 radical (unpaired) electrons. The molecule has 2 heterocycles. The molecule has 1 aromatic carbocycles. The first-order valence-electron chi connectivity index (χ1n) is 6.29. The van der Waals surface area contributed by atoms with Crippen LogP contribution in [0.2, 0.25) is 0 Å². The lowest BCUT2D eigenvalue weighted by atomic mass is 10.0. The van der Waals surface area contributed by atoms with Gasteiger partial charge in [-0.05, 0) is 24.1 Å². The third kappa shape index (κ3) is 3.04. The highest BCUT2D eigenvalue weighted by molar-refractivity contribution is 5.85. The van der Waals surface area contributed by atoms with Crippen LogP contribution in [0.1, 0.15) is 24.4 Å². The topological polar surface area (TPSA) is 68.9 Å². The zero-order chi connectivity index (χ0) is 12.4. The molecule has 1 atom stereocenters. The number of benzene rings is 1. The SMILES string of the molecule is Cl.NC1=NCCC(c2ccc3c(c2)OCCCO3)N1. The predicted molar refractivity (Wildman–Crippen MR) is 76.3 cm³/mol. The fourth-order valence-corrected chi connectivity index (χ4v) is 2.26. The van der Waals surface area contributed by atoms with Crippen LogP contribution in [0.3, 0.4) is 0 Å². The Balaban J connectivity index is 0.00000133. The van der Waals surface area contributed by atoms with Gasteiger partial charge in [0.05, 0.1) is 19.3 Å². The molecular formula is C13H18ClN3O2. The van der Waals surface area contributed by atoms with Crippen molar-refractivity contribution >= 4 is 18.4 Å². The van der Waals surface area contributed by atoms with E-state index in [0.717, 1.165) is 36.4 Å². The Morgan fingerprint density at radius 3 is 2.79 bits per heavy atom. The van der Waals surface area contributed by atoms with Gasteiger partial charge in [-0.25, -0.2) is 0 Å². The van der Waals surface area contributed by atoms with Crippen LogP contribution in [-0.2, 0) is 0 Å². The second-order valence-corrected chi connectivity index (χ2v) is 4.51. The van der Waals surface area contributed by atoms with Gasteiger partial charge >= 0.3 is 0 Å². The van der Waals surface area contributed by atoms with Crippen molar-refractivity contribution in [3.05, 3.63) is 23.8 Å². The van der Waals surface area contributed by atoms with Crippen LogP contribution in [0.25, 0.3) is 0 Å². The molecule has 2 aliphatic heterocycles. The van der Waals surface area contributed by atoms with Crippen LogP contribution in [-0.4, -0.2) is 25.7 Å². The molecule has 0 amide bonds. The van der Waals surface area contributed by atoms with E-state index in [1.54, 1.807) is 0 Å². The molecule has 19 heavy (non-hydrogen) atoms. The third-order valence-corrected chi connectivity index (χ3v) is 3.20. The van der Waals surface area contributed by atoms with Crippen molar-refractivity contribution in [1.82, 2.24) is 5.32 Å². The molecule has 2 aliphatic rings. The van der Waals surface area contributed by atoms with Crippen molar-refractivity contribution in [3.8, 4) is 11.5 Å². The van der Waals surface area contributed by atoms with Crippen LogP contribution in [0, 0.1) is 0 Å². The number of nitrogens with zero attached hydrogens (tertiary/aromatic N) is 1. The summed E-state index contributed by atoms with van der Waals surface area (Å²) in [6, 6.07) is 6.28. The highest BCUT2D eigenvalue weighted by Crippen LogP contribution is 2.33. The Morgan fingerprint density at radius 2 is 2.00 bits per heavy atom. The van der Waals surface area contributed by atoms with E-state index in [4.69, 9.17) is 15.2 Å². The summed E-state index contributed by atoms with van der Waals surface area (Å²) in [5.41, 5.74) is 6.87. The van der Waals surface area contributed by atoms with E-state index in [1.807, 2.05) is 12.1 Å². The molecule has 6 heteroatoms. The number of rotatable bonds is 1. The highest BCUT2D eigenvalue weighted by Gasteiger charge is 2.18. The lowest BCUT2D eigenvalue weighted by Crippen LogP contribution is -2.38. The molecule has 0 bridgehead atoms. The van der Waals surface area contributed by atoms with Gasteiger partial charge in [0.15, 0.2) is 17.5 Å². The Hall–Kier alpha value is -1.62. The lowest BCUT2D eigenvalue weighted by molar-refractivity contribution is 0.297. The molecule has 1 aromatic rings.